The molecule has 1 amide bonds. The second-order valence-corrected chi connectivity index (χ2v) is 14.7. The molecule has 0 aliphatic carbocycles. The SMILES string of the molecule is C=CCOC(=O)NC1CS[C@@H]2c3c(OC(C)=O)c(C)c4c(c3[C@H](COC1=O)N1C2[C@H]2c3c(cc(C)c(OC)c3OCOC)C[C@@H](C1C#N)N2C)OCO4. The predicted octanol–water partition coefficient (Wildman–Crippen LogP) is 3.79. The lowest BCUT2D eigenvalue weighted by atomic mass is 9.71. The van der Waals surface area contributed by atoms with Gasteiger partial charge in [-0.05, 0) is 38.4 Å². The Kier molecular flexibility index (Phi) is 10.1. The van der Waals surface area contributed by atoms with Crippen LogP contribution in [-0.2, 0) is 30.2 Å². The molecule has 0 saturated carbocycles. The molecule has 1 N–H and O–H groups in total. The second kappa shape index (κ2) is 14.6. The summed E-state index contributed by atoms with van der Waals surface area (Å²) in [5.74, 6) is 1.13. The molecule has 0 aromatic heterocycles. The fraction of sp³-hybridized carbons (Fsp3) is 0.514. The molecular formula is C37H42N4O11S. The lowest BCUT2D eigenvalue weighted by molar-refractivity contribution is -0.151. The number of aryl methyl sites for hydroxylation is 1. The minimum atomic E-state index is -1.09. The first-order valence-electron chi connectivity index (χ1n) is 17.2. The summed E-state index contributed by atoms with van der Waals surface area (Å²) in [6.45, 7) is 8.32. The fourth-order valence-corrected chi connectivity index (χ4v) is 10.1. The molecule has 2 aromatic carbocycles. The molecule has 4 bridgehead atoms. The van der Waals surface area contributed by atoms with Crippen LogP contribution in [0.25, 0.3) is 0 Å². The van der Waals surface area contributed by atoms with E-state index in [1.807, 2.05) is 20.9 Å². The van der Waals surface area contributed by atoms with Crippen LogP contribution in [0.1, 0.15) is 57.6 Å². The van der Waals surface area contributed by atoms with Crippen LogP contribution in [0, 0.1) is 25.2 Å². The highest BCUT2D eigenvalue weighted by atomic mass is 32.2. The van der Waals surface area contributed by atoms with E-state index in [-0.39, 0.29) is 38.6 Å². The number of nitrogens with zero attached hydrogens (tertiary/aromatic N) is 3. The van der Waals surface area contributed by atoms with Gasteiger partial charge in [0.25, 0.3) is 0 Å². The topological polar surface area (TPSA) is 167 Å². The van der Waals surface area contributed by atoms with Gasteiger partial charge < -0.3 is 43.2 Å². The lowest BCUT2D eigenvalue weighted by Crippen LogP contribution is -2.69. The van der Waals surface area contributed by atoms with E-state index in [0.29, 0.717) is 51.9 Å². The Bertz CT molecular complexity index is 1900. The maximum Gasteiger partial charge on any atom is 0.408 e. The quantitative estimate of drug-likeness (QED) is 0.179. The van der Waals surface area contributed by atoms with Gasteiger partial charge in [-0.1, -0.05) is 18.7 Å². The number of thioether (sulfide) groups is 1. The van der Waals surface area contributed by atoms with Crippen molar-refractivity contribution >= 4 is 29.8 Å². The van der Waals surface area contributed by atoms with E-state index in [1.165, 1.54) is 24.8 Å². The van der Waals surface area contributed by atoms with E-state index in [9.17, 15) is 19.6 Å². The largest absolute Gasteiger partial charge is 0.493 e. The van der Waals surface area contributed by atoms with E-state index >= 15 is 0 Å². The van der Waals surface area contributed by atoms with Crippen LogP contribution in [0.15, 0.2) is 18.7 Å². The number of hydrogen-bond acceptors (Lipinski definition) is 15. The van der Waals surface area contributed by atoms with Crippen LogP contribution < -0.4 is 29.0 Å². The van der Waals surface area contributed by atoms with Crippen LogP contribution in [-0.4, -0.2) is 106 Å². The Hall–Kier alpha value is -4.69. The molecule has 2 saturated heterocycles. The highest BCUT2D eigenvalue weighted by molar-refractivity contribution is 7.99. The number of rotatable bonds is 8. The van der Waals surface area contributed by atoms with Crippen molar-refractivity contribution in [2.24, 2.45) is 0 Å². The minimum Gasteiger partial charge on any atom is -0.493 e. The van der Waals surface area contributed by atoms with Crippen LogP contribution in [0.3, 0.4) is 0 Å². The number of likely N-dealkylation sites (N-methyl/N-ethyl adjacent to an activating group) is 1. The monoisotopic (exact) mass is 750 g/mol. The molecule has 0 radical (unpaired) electrons. The zero-order chi connectivity index (χ0) is 37.7. The third-order valence-electron chi connectivity index (χ3n) is 10.6. The van der Waals surface area contributed by atoms with E-state index in [0.717, 1.165) is 16.7 Å². The third-order valence-corrected chi connectivity index (χ3v) is 12.0. The summed E-state index contributed by atoms with van der Waals surface area (Å²) in [6, 6.07) is 0.967. The van der Waals surface area contributed by atoms with Crippen molar-refractivity contribution in [2.45, 2.75) is 68.7 Å². The first kappa shape index (κ1) is 36.7. The van der Waals surface area contributed by atoms with Crippen molar-refractivity contribution in [1.29, 1.82) is 5.26 Å². The summed E-state index contributed by atoms with van der Waals surface area (Å²) in [6.07, 6.45) is 1.15. The van der Waals surface area contributed by atoms with Crippen molar-refractivity contribution in [3.63, 3.8) is 0 Å². The van der Waals surface area contributed by atoms with E-state index < -0.39 is 53.5 Å². The number of hydrogen-bond donors (Lipinski definition) is 1. The number of nitriles is 1. The van der Waals surface area contributed by atoms with Crippen molar-refractivity contribution in [1.82, 2.24) is 15.1 Å². The highest BCUT2D eigenvalue weighted by Crippen LogP contribution is 2.64. The molecule has 2 fully saturated rings. The molecule has 15 nitrogen and oxygen atoms in total. The molecule has 53 heavy (non-hydrogen) atoms. The van der Waals surface area contributed by atoms with Crippen molar-refractivity contribution < 1.29 is 52.3 Å². The van der Waals surface area contributed by atoms with Crippen molar-refractivity contribution in [2.75, 3.05) is 53.8 Å². The molecule has 16 heteroatoms. The van der Waals surface area contributed by atoms with Gasteiger partial charge in [-0.2, -0.15) is 5.26 Å². The number of methoxy groups -OCH3 is 2. The summed E-state index contributed by atoms with van der Waals surface area (Å²) in [5.41, 5.74) is 4.63. The molecule has 7 atom stereocenters. The molecule has 0 spiro atoms. The van der Waals surface area contributed by atoms with Gasteiger partial charge in [-0.15, -0.1) is 11.8 Å². The maximum atomic E-state index is 13.7. The van der Waals surface area contributed by atoms with Gasteiger partial charge in [0.2, 0.25) is 6.79 Å². The molecule has 6 aliphatic rings. The molecule has 6 aliphatic heterocycles. The number of ether oxygens (including phenoxy) is 8. The summed E-state index contributed by atoms with van der Waals surface area (Å²) >= 11 is 1.38. The first-order chi connectivity index (χ1) is 25.6. The van der Waals surface area contributed by atoms with Crippen LogP contribution >= 0.6 is 11.8 Å². The predicted molar refractivity (Wildman–Crippen MR) is 189 cm³/mol. The van der Waals surface area contributed by atoms with Gasteiger partial charge in [0, 0.05) is 54.1 Å². The Morgan fingerprint density at radius 2 is 1.91 bits per heavy atom. The van der Waals surface area contributed by atoms with E-state index in [1.54, 1.807) is 14.2 Å². The average Bonchev–Trinajstić information content (AvgIpc) is 3.62. The summed E-state index contributed by atoms with van der Waals surface area (Å²) < 4.78 is 47.0. The highest BCUT2D eigenvalue weighted by Gasteiger charge is 2.61. The summed E-state index contributed by atoms with van der Waals surface area (Å²) in [5, 5.41) is 13.1. The average molecular weight is 751 g/mol. The van der Waals surface area contributed by atoms with Gasteiger partial charge in [-0.25, -0.2) is 9.59 Å². The van der Waals surface area contributed by atoms with Gasteiger partial charge in [0.1, 0.15) is 31.0 Å². The molecule has 8 rings (SSSR count). The van der Waals surface area contributed by atoms with E-state index in [4.69, 9.17) is 37.9 Å². The number of carbonyl (C=O) groups excluding carboxylic acids is 3. The standard InChI is InChI=1S/C37H42N4O11S/c1-8-9-47-37(44)39-21-14-53-35-27-26(34-32(50-16-51-34)18(3)31(27)52-19(4)42)24(13-48-36(21)43)41-23(12-38)22-11-20-10-17(2)30(46-7)33(49-15-45-6)25(20)28(29(35)41)40(22)5/h8,10,21-24,28-29,35H,1,9,11,13-16H2,2-7H3,(H,39,44)/t21?,22-,23?,24-,28+,29?,35+/m0/s1. The van der Waals surface area contributed by atoms with Crippen LogP contribution in [0.4, 0.5) is 4.79 Å². The number of benzene rings is 2. The van der Waals surface area contributed by atoms with Crippen molar-refractivity contribution in [3.05, 3.63) is 52.1 Å². The second-order valence-electron chi connectivity index (χ2n) is 13.5. The zero-order valence-electron chi connectivity index (χ0n) is 30.4. The summed E-state index contributed by atoms with van der Waals surface area (Å²) in [7, 11) is 5.15. The van der Waals surface area contributed by atoms with Gasteiger partial charge in [0.05, 0.1) is 30.5 Å². The Labute approximate surface area is 311 Å². The normalized spacial score (nSPS) is 26.9. The Morgan fingerprint density at radius 1 is 1.13 bits per heavy atom. The first-order valence-corrected chi connectivity index (χ1v) is 18.3. The zero-order valence-corrected chi connectivity index (χ0v) is 31.2. The molecular weight excluding hydrogens is 708 g/mol. The van der Waals surface area contributed by atoms with Gasteiger partial charge in [-0.3, -0.25) is 14.6 Å². The molecule has 3 unspecified atom stereocenters. The molecule has 282 valence electrons. The van der Waals surface area contributed by atoms with Crippen LogP contribution in [0.2, 0.25) is 0 Å². The van der Waals surface area contributed by atoms with Crippen molar-refractivity contribution in [3.8, 4) is 34.8 Å². The number of carbonyl (C=O) groups is 3. The number of alkyl carbamates (subject to hydrolysis) is 1. The minimum absolute atomic E-state index is 0.0323. The number of piperazine rings is 1. The lowest BCUT2D eigenvalue weighted by Gasteiger charge is -2.61. The molecule has 6 heterocycles. The van der Waals surface area contributed by atoms with Gasteiger partial charge >= 0.3 is 18.0 Å². The number of nitrogens with one attached hydrogen (secondary N) is 1. The number of fused-ring (bicyclic) bond motifs is 10. The van der Waals surface area contributed by atoms with Gasteiger partial charge in [0.15, 0.2) is 29.8 Å². The third kappa shape index (κ3) is 5.99. The fourth-order valence-electron chi connectivity index (χ4n) is 8.62. The molecule has 2 aromatic rings. The van der Waals surface area contributed by atoms with Crippen LogP contribution in [0.5, 0.6) is 28.7 Å². The maximum absolute atomic E-state index is 13.7. The Balaban J connectivity index is 1.50. The number of esters is 2. The Morgan fingerprint density at radius 3 is 2.60 bits per heavy atom. The smallest absolute Gasteiger partial charge is 0.408 e. The summed E-state index contributed by atoms with van der Waals surface area (Å²) in [4.78, 5) is 43.6. The van der Waals surface area contributed by atoms with E-state index in [2.05, 4.69) is 33.8 Å². The number of amides is 1.